The van der Waals surface area contributed by atoms with Crippen LogP contribution in [0.4, 0.5) is 5.69 Å². The van der Waals surface area contributed by atoms with Crippen LogP contribution in [-0.2, 0) is 4.79 Å². The normalized spacial score (nSPS) is 11.9. The summed E-state index contributed by atoms with van der Waals surface area (Å²) in [7, 11) is 0. The zero-order chi connectivity index (χ0) is 20.3. The number of carbonyl (C=O) groups is 1. The molecule has 0 fully saturated rings. The van der Waals surface area contributed by atoms with Crippen molar-refractivity contribution >= 4 is 23.4 Å². The van der Waals surface area contributed by atoms with Crippen LogP contribution < -0.4 is 5.32 Å². The van der Waals surface area contributed by atoms with Crippen LogP contribution in [0.3, 0.4) is 0 Å². The molecule has 3 rings (SSSR count). The number of nitrogens with zero attached hydrogens (tertiary/aromatic N) is 2. The summed E-state index contributed by atoms with van der Waals surface area (Å²) < 4.78 is 0. The lowest BCUT2D eigenvalue weighted by Crippen LogP contribution is -2.20. The molecule has 3 aromatic rings. The van der Waals surface area contributed by atoms with Gasteiger partial charge in [0.25, 0.3) is 0 Å². The molecular weight excluding hydrogens is 366 g/mol. The van der Waals surface area contributed by atoms with Crippen LogP contribution in [0.1, 0.15) is 38.9 Å². The molecule has 1 unspecified atom stereocenters. The van der Waals surface area contributed by atoms with Crippen LogP contribution in [0.5, 0.6) is 0 Å². The number of carbonyl (C=O) groups excluding carboxylic acids is 1. The smallest absolute Gasteiger partial charge is 0.242 e. The SMILES string of the molecule is Cc1ccc(C)c(NC(=O)C(Sc2nc(C)c(C)c(C)n2)c2ccccc2)c1. The van der Waals surface area contributed by atoms with E-state index >= 15 is 0 Å². The van der Waals surface area contributed by atoms with E-state index in [0.29, 0.717) is 5.16 Å². The van der Waals surface area contributed by atoms with Crippen molar-refractivity contribution in [1.29, 1.82) is 0 Å². The average Bonchev–Trinajstić information content (AvgIpc) is 2.67. The fourth-order valence-electron chi connectivity index (χ4n) is 2.87. The maximum Gasteiger partial charge on any atom is 0.242 e. The van der Waals surface area contributed by atoms with Crippen LogP contribution >= 0.6 is 11.8 Å². The molecule has 28 heavy (non-hydrogen) atoms. The Morgan fingerprint density at radius 2 is 1.57 bits per heavy atom. The molecule has 0 spiro atoms. The summed E-state index contributed by atoms with van der Waals surface area (Å²) in [6, 6.07) is 15.8. The first-order valence-corrected chi connectivity index (χ1v) is 10.1. The zero-order valence-corrected chi connectivity index (χ0v) is 17.7. The number of anilines is 1. The van der Waals surface area contributed by atoms with E-state index < -0.39 is 5.25 Å². The van der Waals surface area contributed by atoms with Gasteiger partial charge < -0.3 is 5.32 Å². The number of aryl methyl sites for hydroxylation is 4. The van der Waals surface area contributed by atoms with Crippen molar-refractivity contribution in [3.8, 4) is 0 Å². The molecule has 0 aliphatic heterocycles. The summed E-state index contributed by atoms with van der Waals surface area (Å²) in [5, 5.41) is 3.27. The Labute approximate surface area is 170 Å². The van der Waals surface area contributed by atoms with Gasteiger partial charge in [-0.3, -0.25) is 4.79 Å². The number of benzene rings is 2. The van der Waals surface area contributed by atoms with Gasteiger partial charge in [-0.1, -0.05) is 54.2 Å². The van der Waals surface area contributed by atoms with Crippen LogP contribution in [0.2, 0.25) is 0 Å². The number of nitrogens with one attached hydrogen (secondary N) is 1. The first-order valence-electron chi connectivity index (χ1n) is 9.26. The first kappa shape index (κ1) is 20.1. The zero-order valence-electron chi connectivity index (χ0n) is 16.9. The standard InChI is InChI=1S/C23H25N3OS/c1-14-11-12-15(2)20(13-14)26-22(27)21(19-9-7-6-8-10-19)28-23-24-17(4)16(3)18(5)25-23/h6-13,21H,1-5H3,(H,26,27). The van der Waals surface area contributed by atoms with Gasteiger partial charge in [0.05, 0.1) is 0 Å². The molecule has 2 aromatic carbocycles. The lowest BCUT2D eigenvalue weighted by atomic mass is 10.1. The van der Waals surface area contributed by atoms with Crippen molar-refractivity contribution < 1.29 is 4.79 Å². The first-order chi connectivity index (χ1) is 13.3. The van der Waals surface area contributed by atoms with E-state index in [4.69, 9.17) is 0 Å². The molecule has 0 saturated carbocycles. The van der Waals surface area contributed by atoms with E-state index in [0.717, 1.165) is 39.3 Å². The molecule has 1 N–H and O–H groups in total. The third-order valence-corrected chi connectivity index (χ3v) is 5.94. The monoisotopic (exact) mass is 391 g/mol. The van der Waals surface area contributed by atoms with Gasteiger partial charge in [0.1, 0.15) is 5.25 Å². The van der Waals surface area contributed by atoms with E-state index in [1.165, 1.54) is 11.8 Å². The van der Waals surface area contributed by atoms with Crippen molar-refractivity contribution in [2.75, 3.05) is 5.32 Å². The van der Waals surface area contributed by atoms with E-state index in [1.807, 2.05) is 83.1 Å². The highest BCUT2D eigenvalue weighted by molar-refractivity contribution is 8.00. The third-order valence-electron chi connectivity index (χ3n) is 4.83. The summed E-state index contributed by atoms with van der Waals surface area (Å²) in [4.78, 5) is 22.4. The molecule has 0 aliphatic carbocycles. The maximum atomic E-state index is 13.2. The van der Waals surface area contributed by atoms with Crippen LogP contribution in [0.25, 0.3) is 0 Å². The topological polar surface area (TPSA) is 54.9 Å². The number of rotatable bonds is 5. The molecule has 1 aromatic heterocycles. The Balaban J connectivity index is 1.93. The number of amides is 1. The second kappa shape index (κ2) is 8.57. The maximum absolute atomic E-state index is 13.2. The second-order valence-corrected chi connectivity index (χ2v) is 8.09. The third kappa shape index (κ3) is 4.60. The summed E-state index contributed by atoms with van der Waals surface area (Å²) in [6.07, 6.45) is 0. The highest BCUT2D eigenvalue weighted by atomic mass is 32.2. The van der Waals surface area contributed by atoms with Gasteiger partial charge in [-0.25, -0.2) is 9.97 Å². The van der Waals surface area contributed by atoms with E-state index in [9.17, 15) is 4.79 Å². The van der Waals surface area contributed by atoms with E-state index in [2.05, 4.69) is 15.3 Å². The lowest BCUT2D eigenvalue weighted by Gasteiger charge is -2.18. The summed E-state index contributed by atoms with van der Waals surface area (Å²) in [5.41, 5.74) is 6.87. The largest absolute Gasteiger partial charge is 0.325 e. The molecule has 5 heteroatoms. The van der Waals surface area contributed by atoms with Gasteiger partial charge in [-0.05, 0) is 62.9 Å². The Bertz CT molecular complexity index is 979. The molecule has 1 heterocycles. The molecule has 0 bridgehead atoms. The quantitative estimate of drug-likeness (QED) is 0.461. The van der Waals surface area contributed by atoms with E-state index in [-0.39, 0.29) is 5.91 Å². The molecule has 0 radical (unpaired) electrons. The fourth-order valence-corrected chi connectivity index (χ4v) is 3.92. The average molecular weight is 392 g/mol. The minimum absolute atomic E-state index is 0.0793. The highest BCUT2D eigenvalue weighted by Gasteiger charge is 2.24. The Kier molecular flexibility index (Phi) is 6.15. The molecule has 0 saturated heterocycles. The van der Waals surface area contributed by atoms with Crippen molar-refractivity contribution in [2.24, 2.45) is 0 Å². The van der Waals surface area contributed by atoms with Gasteiger partial charge in [-0.2, -0.15) is 0 Å². The number of hydrogen-bond donors (Lipinski definition) is 1. The molecule has 144 valence electrons. The minimum atomic E-state index is -0.442. The van der Waals surface area contributed by atoms with Crippen LogP contribution in [0.15, 0.2) is 53.7 Å². The fraction of sp³-hybridized carbons (Fsp3) is 0.261. The van der Waals surface area contributed by atoms with E-state index in [1.54, 1.807) is 0 Å². The van der Waals surface area contributed by atoms with Gasteiger partial charge in [0.2, 0.25) is 5.91 Å². The minimum Gasteiger partial charge on any atom is -0.325 e. The highest BCUT2D eigenvalue weighted by Crippen LogP contribution is 2.35. The van der Waals surface area contributed by atoms with Crippen molar-refractivity contribution in [2.45, 2.75) is 45.0 Å². The van der Waals surface area contributed by atoms with Crippen molar-refractivity contribution in [3.05, 3.63) is 82.2 Å². The summed E-state index contributed by atoms with van der Waals surface area (Å²) >= 11 is 1.38. The predicted octanol–water partition coefficient (Wildman–Crippen LogP) is 5.49. The Morgan fingerprint density at radius 3 is 2.21 bits per heavy atom. The Hall–Kier alpha value is -2.66. The molecule has 0 aliphatic rings. The summed E-state index contributed by atoms with van der Waals surface area (Å²) in [6.45, 7) is 9.98. The lowest BCUT2D eigenvalue weighted by molar-refractivity contribution is -0.115. The number of hydrogen-bond acceptors (Lipinski definition) is 4. The predicted molar refractivity (Wildman–Crippen MR) is 116 cm³/mol. The number of aromatic nitrogens is 2. The van der Waals surface area contributed by atoms with Crippen molar-refractivity contribution in [1.82, 2.24) is 9.97 Å². The van der Waals surface area contributed by atoms with Crippen LogP contribution in [0, 0.1) is 34.6 Å². The van der Waals surface area contributed by atoms with Gasteiger partial charge in [0, 0.05) is 17.1 Å². The summed E-state index contributed by atoms with van der Waals surface area (Å²) in [5.74, 6) is -0.0793. The van der Waals surface area contributed by atoms with Crippen LogP contribution in [-0.4, -0.2) is 15.9 Å². The molecule has 1 atom stereocenters. The van der Waals surface area contributed by atoms with Crippen molar-refractivity contribution in [3.63, 3.8) is 0 Å². The Morgan fingerprint density at radius 1 is 0.929 bits per heavy atom. The second-order valence-electron chi connectivity index (χ2n) is 7.02. The van der Waals surface area contributed by atoms with Gasteiger partial charge in [-0.15, -0.1) is 0 Å². The molecular formula is C23H25N3OS. The molecule has 1 amide bonds. The van der Waals surface area contributed by atoms with Gasteiger partial charge >= 0.3 is 0 Å². The van der Waals surface area contributed by atoms with Gasteiger partial charge in [0.15, 0.2) is 5.16 Å². The molecule has 4 nitrogen and oxygen atoms in total. The number of thioether (sulfide) groups is 1.